The van der Waals surface area contributed by atoms with Gasteiger partial charge in [0, 0.05) is 13.2 Å². The highest BCUT2D eigenvalue weighted by atomic mass is 19.1. The Labute approximate surface area is 194 Å². The number of fused-ring (bicyclic) bond motifs is 2. The molecular weight excluding hydrogens is 445 g/mol. The molecule has 178 valence electrons. The molecule has 0 N–H and O–H groups in total. The third-order valence-corrected chi connectivity index (χ3v) is 6.35. The summed E-state index contributed by atoms with van der Waals surface area (Å²) in [6, 6.07) is 6.28. The lowest BCUT2D eigenvalue weighted by molar-refractivity contribution is 0.0486. The van der Waals surface area contributed by atoms with Gasteiger partial charge in [0.15, 0.2) is 16.9 Å². The van der Waals surface area contributed by atoms with E-state index in [1.54, 1.807) is 17.0 Å². The van der Waals surface area contributed by atoms with E-state index in [-0.39, 0.29) is 34.9 Å². The quantitative estimate of drug-likeness (QED) is 0.544. The molecule has 2 atom stereocenters. The molecular formula is C25H24FNO7. The Morgan fingerprint density at radius 1 is 1.06 bits per heavy atom. The van der Waals surface area contributed by atoms with E-state index in [1.807, 2.05) is 0 Å². The molecule has 34 heavy (non-hydrogen) atoms. The zero-order valence-electron chi connectivity index (χ0n) is 19.1. The number of benzene rings is 2. The summed E-state index contributed by atoms with van der Waals surface area (Å²) < 4.78 is 42.0. The fourth-order valence-electron chi connectivity index (χ4n) is 4.79. The number of halogens is 1. The normalized spacial score (nSPS) is 19.5. The molecule has 0 aliphatic carbocycles. The minimum Gasteiger partial charge on any atom is -0.493 e. The highest BCUT2D eigenvalue weighted by Gasteiger charge is 2.44. The van der Waals surface area contributed by atoms with E-state index in [1.165, 1.54) is 33.5 Å². The zero-order chi connectivity index (χ0) is 24.0. The van der Waals surface area contributed by atoms with Crippen molar-refractivity contribution < 1.29 is 32.5 Å². The van der Waals surface area contributed by atoms with Crippen LogP contribution < -0.4 is 19.6 Å². The van der Waals surface area contributed by atoms with E-state index >= 15 is 0 Å². The maximum atomic E-state index is 14.0. The summed E-state index contributed by atoms with van der Waals surface area (Å²) in [4.78, 5) is 28.7. The molecule has 1 amide bonds. The van der Waals surface area contributed by atoms with Crippen LogP contribution in [0.2, 0.25) is 0 Å². The van der Waals surface area contributed by atoms with E-state index in [0.717, 1.165) is 18.9 Å². The van der Waals surface area contributed by atoms with Crippen LogP contribution in [0, 0.1) is 5.82 Å². The van der Waals surface area contributed by atoms with Crippen LogP contribution in [0.15, 0.2) is 39.5 Å². The second-order valence-corrected chi connectivity index (χ2v) is 8.27. The standard InChI is InChI=1S/C25H24FNO7/c1-30-18-9-13(10-19(31-2)23(18)32-3)21-20-22(28)16-11-14(26)6-7-17(16)34-24(20)25(29)27(21)12-15-5-4-8-33-15/h6-7,9-11,15,21H,4-5,8,12H2,1-3H3. The predicted octanol–water partition coefficient (Wildman–Crippen LogP) is 3.68. The summed E-state index contributed by atoms with van der Waals surface area (Å²) >= 11 is 0. The number of rotatable bonds is 6. The summed E-state index contributed by atoms with van der Waals surface area (Å²) in [6.45, 7) is 0.892. The summed E-state index contributed by atoms with van der Waals surface area (Å²) in [6.07, 6.45) is 1.54. The first-order chi connectivity index (χ1) is 16.5. The van der Waals surface area contributed by atoms with Gasteiger partial charge in [0.2, 0.25) is 11.5 Å². The molecule has 2 aliphatic heterocycles. The Morgan fingerprint density at radius 2 is 1.79 bits per heavy atom. The molecule has 8 nitrogen and oxygen atoms in total. The summed E-state index contributed by atoms with van der Waals surface area (Å²) in [5.74, 6) is 0.103. The van der Waals surface area contributed by atoms with Gasteiger partial charge in [0.25, 0.3) is 5.91 Å². The highest BCUT2D eigenvalue weighted by Crippen LogP contribution is 2.45. The van der Waals surface area contributed by atoms with Crippen LogP contribution in [0.5, 0.6) is 17.2 Å². The number of hydrogen-bond donors (Lipinski definition) is 0. The lowest BCUT2D eigenvalue weighted by atomic mass is 9.97. The van der Waals surface area contributed by atoms with E-state index in [0.29, 0.717) is 29.4 Å². The maximum Gasteiger partial charge on any atom is 0.291 e. The van der Waals surface area contributed by atoms with Crippen molar-refractivity contribution in [2.75, 3.05) is 34.5 Å². The van der Waals surface area contributed by atoms with Gasteiger partial charge < -0.3 is 28.3 Å². The summed E-state index contributed by atoms with van der Waals surface area (Å²) in [5, 5.41) is 0.0722. The molecule has 2 unspecified atom stereocenters. The molecule has 3 heterocycles. The van der Waals surface area contributed by atoms with Crippen molar-refractivity contribution >= 4 is 16.9 Å². The topological polar surface area (TPSA) is 87.4 Å². The molecule has 0 spiro atoms. The van der Waals surface area contributed by atoms with Crippen LogP contribution in [0.25, 0.3) is 11.0 Å². The predicted molar refractivity (Wildman–Crippen MR) is 120 cm³/mol. The van der Waals surface area contributed by atoms with Gasteiger partial charge in [-0.3, -0.25) is 9.59 Å². The molecule has 2 aromatic carbocycles. The number of nitrogens with zero attached hydrogens (tertiary/aromatic N) is 1. The molecule has 0 radical (unpaired) electrons. The van der Waals surface area contributed by atoms with Gasteiger partial charge in [-0.1, -0.05) is 0 Å². The SMILES string of the molecule is COc1cc(C2c3c(oc4ccc(F)cc4c3=O)C(=O)N2CC2CCCO2)cc(OC)c1OC. The molecule has 2 aliphatic rings. The Hall–Kier alpha value is -3.59. The van der Waals surface area contributed by atoms with Gasteiger partial charge in [-0.2, -0.15) is 0 Å². The molecule has 1 fully saturated rings. The average Bonchev–Trinajstić information content (AvgIpc) is 3.46. The Morgan fingerprint density at radius 3 is 2.41 bits per heavy atom. The third kappa shape index (κ3) is 3.47. The number of ether oxygens (including phenoxy) is 4. The van der Waals surface area contributed by atoms with Crippen molar-refractivity contribution in [3.8, 4) is 17.2 Å². The fourth-order valence-corrected chi connectivity index (χ4v) is 4.79. The second kappa shape index (κ2) is 8.64. The van der Waals surface area contributed by atoms with Gasteiger partial charge in [0.1, 0.15) is 11.4 Å². The molecule has 1 saturated heterocycles. The maximum absolute atomic E-state index is 14.0. The monoisotopic (exact) mass is 469 g/mol. The Balaban J connectivity index is 1.75. The largest absolute Gasteiger partial charge is 0.493 e. The number of hydrogen-bond acceptors (Lipinski definition) is 7. The number of methoxy groups -OCH3 is 3. The second-order valence-electron chi connectivity index (χ2n) is 8.27. The fraction of sp³-hybridized carbons (Fsp3) is 0.360. The van der Waals surface area contributed by atoms with Crippen LogP contribution in [-0.4, -0.2) is 51.4 Å². The Bertz CT molecular complexity index is 1300. The molecule has 9 heteroatoms. The van der Waals surface area contributed by atoms with Gasteiger partial charge in [-0.25, -0.2) is 4.39 Å². The summed E-state index contributed by atoms with van der Waals surface area (Å²) in [7, 11) is 4.47. The van der Waals surface area contributed by atoms with Gasteiger partial charge in [-0.05, 0) is 48.7 Å². The third-order valence-electron chi connectivity index (χ3n) is 6.35. The number of amides is 1. The highest BCUT2D eigenvalue weighted by molar-refractivity contribution is 5.99. The molecule has 0 saturated carbocycles. The van der Waals surface area contributed by atoms with E-state index in [4.69, 9.17) is 23.4 Å². The first-order valence-corrected chi connectivity index (χ1v) is 11.0. The van der Waals surface area contributed by atoms with E-state index in [9.17, 15) is 14.0 Å². The zero-order valence-corrected chi connectivity index (χ0v) is 19.1. The smallest absolute Gasteiger partial charge is 0.291 e. The van der Waals surface area contributed by atoms with Crippen molar-refractivity contribution in [3.05, 3.63) is 63.3 Å². The van der Waals surface area contributed by atoms with Crippen molar-refractivity contribution in [1.29, 1.82) is 0 Å². The molecule has 5 rings (SSSR count). The van der Waals surface area contributed by atoms with Crippen LogP contribution in [-0.2, 0) is 4.74 Å². The Kier molecular flexibility index (Phi) is 5.65. The van der Waals surface area contributed by atoms with Crippen molar-refractivity contribution in [1.82, 2.24) is 4.90 Å². The number of carbonyl (C=O) groups is 1. The van der Waals surface area contributed by atoms with Crippen molar-refractivity contribution in [2.24, 2.45) is 0 Å². The molecule has 3 aromatic rings. The average molecular weight is 469 g/mol. The summed E-state index contributed by atoms with van der Waals surface area (Å²) in [5.41, 5.74) is 0.414. The first-order valence-electron chi connectivity index (χ1n) is 11.0. The van der Waals surface area contributed by atoms with E-state index in [2.05, 4.69) is 0 Å². The van der Waals surface area contributed by atoms with Crippen molar-refractivity contribution in [2.45, 2.75) is 25.0 Å². The molecule has 0 bridgehead atoms. The van der Waals surface area contributed by atoms with Crippen LogP contribution in [0.1, 0.15) is 40.6 Å². The van der Waals surface area contributed by atoms with Crippen molar-refractivity contribution in [3.63, 3.8) is 0 Å². The lowest BCUT2D eigenvalue weighted by Crippen LogP contribution is -2.36. The lowest BCUT2D eigenvalue weighted by Gasteiger charge is -2.28. The van der Waals surface area contributed by atoms with Crippen LogP contribution in [0.3, 0.4) is 0 Å². The van der Waals surface area contributed by atoms with E-state index < -0.39 is 23.2 Å². The van der Waals surface area contributed by atoms with Gasteiger partial charge >= 0.3 is 0 Å². The number of carbonyl (C=O) groups excluding carboxylic acids is 1. The minimum absolute atomic E-state index is 0.0548. The van der Waals surface area contributed by atoms with Crippen LogP contribution >= 0.6 is 0 Å². The van der Waals surface area contributed by atoms with Gasteiger partial charge in [0.05, 0.1) is 44.4 Å². The van der Waals surface area contributed by atoms with Crippen LogP contribution in [0.4, 0.5) is 4.39 Å². The molecule has 1 aromatic heterocycles. The van der Waals surface area contributed by atoms with Gasteiger partial charge in [-0.15, -0.1) is 0 Å². The minimum atomic E-state index is -0.802. The first kappa shape index (κ1) is 22.2.